The number of hydrogen-bond donors (Lipinski definition) is 9. The molecule has 0 aromatic rings. The second-order valence-corrected chi connectivity index (χ2v) is 15.8. The number of methoxy groups -OCH3 is 1. The molecule has 5 atom stereocenters. The zero-order valence-electron chi connectivity index (χ0n) is 38.5. The van der Waals surface area contributed by atoms with E-state index in [4.69, 9.17) is 23.7 Å². The third-order valence-corrected chi connectivity index (χ3v) is 9.45. The minimum atomic E-state index is -1.49. The van der Waals surface area contributed by atoms with Crippen LogP contribution in [0.3, 0.4) is 0 Å². The van der Waals surface area contributed by atoms with Gasteiger partial charge in [-0.05, 0) is 38.5 Å². The number of ether oxygens (including phenoxy) is 6. The van der Waals surface area contributed by atoms with Gasteiger partial charge in [0.1, 0.15) is 6.04 Å². The van der Waals surface area contributed by atoms with Gasteiger partial charge in [-0.1, -0.05) is 27.7 Å². The summed E-state index contributed by atoms with van der Waals surface area (Å²) in [6.07, 6.45) is -0.262. The number of aliphatic carboxylic acids is 1. The van der Waals surface area contributed by atoms with Gasteiger partial charge < -0.3 is 80.8 Å². The fraction of sp³-hybridized carbons (Fsp3) is 0.829. The standard InChI is InChI=1S/C41H76N8O15/c1-28(2)24-33(47-29(3)4)40(57)49-13-7-8-31(49)25-44-32(9-10-36(53)54)38(55)48-37(30(5)50)39(56)46-27-35(52)45-26-34(51)42-11-14-60-16-18-62-20-22-64-23-21-63-19-17-61-15-12-43-41(58)59-6/h28-33,37,44,47,50H,7-27H2,1-6H3,(H,42,51)(H,43,58)(H,45,52)(H,46,56)(H,48,55)(H,53,54)/t30-,31?,32+,33+,37+/m1/s1. The Balaban J connectivity index is 2.34. The first-order valence-electron chi connectivity index (χ1n) is 22.1. The van der Waals surface area contributed by atoms with Crippen molar-refractivity contribution in [3.05, 3.63) is 0 Å². The van der Waals surface area contributed by atoms with Gasteiger partial charge in [-0.2, -0.15) is 0 Å². The molecule has 0 aromatic heterocycles. The molecule has 1 heterocycles. The molecule has 370 valence electrons. The van der Waals surface area contributed by atoms with E-state index in [9.17, 15) is 43.8 Å². The number of aliphatic hydroxyl groups is 1. The Morgan fingerprint density at radius 2 is 1.22 bits per heavy atom. The molecule has 1 aliphatic heterocycles. The van der Waals surface area contributed by atoms with Gasteiger partial charge in [0.2, 0.25) is 29.5 Å². The number of carboxylic acid groups (broad SMARTS) is 1. The Kier molecular flexibility index (Phi) is 31.7. The highest BCUT2D eigenvalue weighted by Crippen LogP contribution is 2.20. The number of carbonyl (C=O) groups is 7. The zero-order chi connectivity index (χ0) is 47.7. The van der Waals surface area contributed by atoms with Crippen LogP contribution in [0.2, 0.25) is 0 Å². The van der Waals surface area contributed by atoms with Crippen LogP contribution in [0.5, 0.6) is 0 Å². The molecule has 0 spiro atoms. The Morgan fingerprint density at radius 3 is 1.73 bits per heavy atom. The molecule has 1 rings (SSSR count). The first kappa shape index (κ1) is 57.8. The summed E-state index contributed by atoms with van der Waals surface area (Å²) >= 11 is 0. The van der Waals surface area contributed by atoms with Crippen LogP contribution in [-0.2, 0) is 57.2 Å². The van der Waals surface area contributed by atoms with E-state index in [1.807, 2.05) is 27.7 Å². The van der Waals surface area contributed by atoms with E-state index >= 15 is 0 Å². The number of likely N-dealkylation sites (tertiary alicyclic amines) is 1. The maximum absolute atomic E-state index is 13.6. The monoisotopic (exact) mass is 921 g/mol. The van der Waals surface area contributed by atoms with Crippen molar-refractivity contribution in [3.63, 3.8) is 0 Å². The van der Waals surface area contributed by atoms with Crippen LogP contribution in [0.4, 0.5) is 4.79 Å². The molecule has 0 bridgehead atoms. The van der Waals surface area contributed by atoms with Crippen LogP contribution < -0.4 is 37.2 Å². The van der Waals surface area contributed by atoms with Gasteiger partial charge in [0, 0.05) is 44.7 Å². The number of rotatable bonds is 37. The summed E-state index contributed by atoms with van der Waals surface area (Å²) in [7, 11) is 1.29. The van der Waals surface area contributed by atoms with Crippen molar-refractivity contribution in [3.8, 4) is 0 Å². The Morgan fingerprint density at radius 1 is 0.688 bits per heavy atom. The SMILES string of the molecule is COC(=O)NCCOCCOCCOCCOCCOCCNC(=O)CNC(=O)CNC(=O)[C@@H](NC(=O)[C@H](CCC(=O)O)NCC1CCCN1C(=O)[C@H](CC(C)C)NC(C)C)[C@@H](C)O. The summed E-state index contributed by atoms with van der Waals surface area (Å²) in [5, 5.41) is 38.4. The fourth-order valence-corrected chi connectivity index (χ4v) is 6.31. The second kappa shape index (κ2) is 35.1. The average Bonchev–Trinajstić information content (AvgIpc) is 3.72. The first-order valence-corrected chi connectivity index (χ1v) is 22.1. The fourth-order valence-electron chi connectivity index (χ4n) is 6.31. The van der Waals surface area contributed by atoms with Gasteiger partial charge in [0.05, 0.1) is 104 Å². The lowest BCUT2D eigenvalue weighted by Gasteiger charge is -2.32. The molecular formula is C41H76N8O15. The molecule has 1 aliphatic rings. The molecule has 1 unspecified atom stereocenters. The molecule has 0 radical (unpaired) electrons. The van der Waals surface area contributed by atoms with Crippen molar-refractivity contribution in [2.24, 2.45) is 5.92 Å². The number of nitrogens with zero attached hydrogens (tertiary/aromatic N) is 1. The lowest BCUT2D eigenvalue weighted by molar-refractivity contribution is -0.138. The summed E-state index contributed by atoms with van der Waals surface area (Å²) in [5.74, 6) is -3.68. The van der Waals surface area contributed by atoms with Gasteiger partial charge in [0.15, 0.2) is 0 Å². The van der Waals surface area contributed by atoms with Crippen molar-refractivity contribution in [1.82, 2.24) is 42.1 Å². The van der Waals surface area contributed by atoms with E-state index < -0.39 is 60.4 Å². The van der Waals surface area contributed by atoms with Gasteiger partial charge >= 0.3 is 12.1 Å². The highest BCUT2D eigenvalue weighted by atomic mass is 16.6. The zero-order valence-corrected chi connectivity index (χ0v) is 38.5. The molecule has 1 saturated heterocycles. The van der Waals surface area contributed by atoms with Crippen LogP contribution >= 0.6 is 0 Å². The predicted molar refractivity (Wildman–Crippen MR) is 232 cm³/mol. The summed E-state index contributed by atoms with van der Waals surface area (Å²) in [6.45, 7) is 13.1. The maximum Gasteiger partial charge on any atom is 0.406 e. The highest BCUT2D eigenvalue weighted by molar-refractivity contribution is 5.93. The lowest BCUT2D eigenvalue weighted by atomic mass is 10.0. The molecule has 64 heavy (non-hydrogen) atoms. The largest absolute Gasteiger partial charge is 0.481 e. The van der Waals surface area contributed by atoms with E-state index in [-0.39, 0.29) is 75.6 Å². The lowest BCUT2D eigenvalue weighted by Crippen LogP contribution is -2.58. The topological polar surface area (TPSA) is 303 Å². The molecule has 0 aliphatic carbocycles. The van der Waals surface area contributed by atoms with Crippen molar-refractivity contribution >= 4 is 41.6 Å². The van der Waals surface area contributed by atoms with Crippen molar-refractivity contribution < 1.29 is 72.2 Å². The van der Waals surface area contributed by atoms with Crippen molar-refractivity contribution in [2.75, 3.05) is 112 Å². The van der Waals surface area contributed by atoms with E-state index in [2.05, 4.69) is 42.0 Å². The van der Waals surface area contributed by atoms with E-state index in [0.717, 1.165) is 6.42 Å². The number of hydrogen-bond acceptors (Lipinski definition) is 16. The Hall–Kier alpha value is -4.23. The van der Waals surface area contributed by atoms with Crippen LogP contribution in [0.25, 0.3) is 0 Å². The number of carbonyl (C=O) groups excluding carboxylic acids is 6. The molecule has 23 nitrogen and oxygen atoms in total. The number of alkyl carbamates (subject to hydrolysis) is 1. The third-order valence-electron chi connectivity index (χ3n) is 9.45. The molecule has 23 heteroatoms. The van der Waals surface area contributed by atoms with Gasteiger partial charge in [-0.25, -0.2) is 4.79 Å². The highest BCUT2D eigenvalue weighted by Gasteiger charge is 2.35. The van der Waals surface area contributed by atoms with Crippen molar-refractivity contribution in [2.45, 2.75) is 103 Å². The molecule has 1 fully saturated rings. The van der Waals surface area contributed by atoms with E-state index in [0.29, 0.717) is 78.8 Å². The normalized spacial score (nSPS) is 15.6. The minimum Gasteiger partial charge on any atom is -0.481 e. The number of carboxylic acids is 1. The summed E-state index contributed by atoms with van der Waals surface area (Å²) in [5.41, 5.74) is 0. The Bertz CT molecular complexity index is 1370. The van der Waals surface area contributed by atoms with Crippen LogP contribution in [-0.4, -0.2) is 205 Å². The number of nitrogens with one attached hydrogen (secondary N) is 7. The number of aliphatic hydroxyl groups excluding tert-OH is 1. The average molecular weight is 921 g/mol. The summed E-state index contributed by atoms with van der Waals surface area (Å²) in [6, 6.07) is -3.07. The third kappa shape index (κ3) is 27.8. The predicted octanol–water partition coefficient (Wildman–Crippen LogP) is -2.13. The van der Waals surface area contributed by atoms with E-state index in [1.165, 1.54) is 14.0 Å². The molecule has 6 amide bonds. The maximum atomic E-state index is 13.6. The van der Waals surface area contributed by atoms with E-state index in [1.54, 1.807) is 4.90 Å². The molecule has 9 N–H and O–H groups in total. The first-order chi connectivity index (χ1) is 30.5. The minimum absolute atomic E-state index is 0.0272. The summed E-state index contributed by atoms with van der Waals surface area (Å²) < 4.78 is 31.4. The van der Waals surface area contributed by atoms with Gasteiger partial charge in [0.25, 0.3) is 0 Å². The second-order valence-electron chi connectivity index (χ2n) is 15.8. The quantitative estimate of drug-likeness (QED) is 0.0301. The summed E-state index contributed by atoms with van der Waals surface area (Å²) in [4.78, 5) is 88.8. The van der Waals surface area contributed by atoms with Crippen molar-refractivity contribution in [1.29, 1.82) is 0 Å². The van der Waals surface area contributed by atoms with Gasteiger partial charge in [-0.15, -0.1) is 0 Å². The molecule has 0 aromatic carbocycles. The molecule has 0 saturated carbocycles. The number of amides is 6. The van der Waals surface area contributed by atoms with Crippen LogP contribution in [0.1, 0.15) is 66.7 Å². The van der Waals surface area contributed by atoms with Crippen LogP contribution in [0, 0.1) is 5.92 Å². The Labute approximate surface area is 376 Å². The van der Waals surface area contributed by atoms with Gasteiger partial charge in [-0.3, -0.25) is 28.8 Å². The van der Waals surface area contributed by atoms with Crippen LogP contribution in [0.15, 0.2) is 0 Å². The molecular weight excluding hydrogens is 844 g/mol. The smallest absolute Gasteiger partial charge is 0.406 e.